The maximum atomic E-state index is 6.50. The Morgan fingerprint density at radius 1 is 1.11 bits per heavy atom. The van der Waals surface area contributed by atoms with Crippen molar-refractivity contribution in [1.29, 1.82) is 0 Å². The summed E-state index contributed by atoms with van der Waals surface area (Å²) < 4.78 is 5.95. The number of rotatable bonds is 3. The van der Waals surface area contributed by atoms with E-state index in [1.165, 1.54) is 38.5 Å². The molecule has 2 atom stereocenters. The topological polar surface area (TPSA) is 38.5 Å². The van der Waals surface area contributed by atoms with Crippen LogP contribution in [0.4, 0.5) is 0 Å². The number of hydrogen-bond donors (Lipinski definition) is 1. The van der Waals surface area contributed by atoms with Crippen molar-refractivity contribution in [3.05, 3.63) is 0 Å². The first-order valence-corrected chi connectivity index (χ1v) is 7.79. The Morgan fingerprint density at radius 2 is 1.78 bits per heavy atom. The highest BCUT2D eigenvalue weighted by atomic mass is 16.5. The third kappa shape index (κ3) is 3.69. The van der Waals surface area contributed by atoms with Crippen LogP contribution < -0.4 is 5.73 Å². The Kier molecular flexibility index (Phi) is 5.46. The second-order valence-corrected chi connectivity index (χ2v) is 6.33. The molecule has 0 aromatic carbocycles. The Labute approximate surface area is 112 Å². The minimum absolute atomic E-state index is 0.240. The molecule has 2 N–H and O–H groups in total. The van der Waals surface area contributed by atoms with Crippen molar-refractivity contribution < 1.29 is 4.74 Å². The smallest absolute Gasteiger partial charge is 0.0855 e. The van der Waals surface area contributed by atoms with E-state index in [2.05, 4.69) is 18.7 Å². The molecule has 2 unspecified atom stereocenters. The van der Waals surface area contributed by atoms with Crippen LogP contribution in [0.5, 0.6) is 0 Å². The van der Waals surface area contributed by atoms with Crippen molar-refractivity contribution in [3.8, 4) is 0 Å². The van der Waals surface area contributed by atoms with E-state index in [4.69, 9.17) is 10.5 Å². The van der Waals surface area contributed by atoms with Crippen LogP contribution in [0.25, 0.3) is 0 Å². The number of hydrogen-bond acceptors (Lipinski definition) is 3. The highest BCUT2D eigenvalue weighted by Gasteiger charge is 2.31. The fourth-order valence-electron chi connectivity index (χ4n) is 3.40. The molecule has 18 heavy (non-hydrogen) atoms. The minimum atomic E-state index is 0.240. The van der Waals surface area contributed by atoms with Crippen LogP contribution >= 0.6 is 0 Å². The summed E-state index contributed by atoms with van der Waals surface area (Å²) in [6, 6.07) is 0.849. The lowest BCUT2D eigenvalue weighted by atomic mass is 9.88. The molecule has 1 aliphatic carbocycles. The highest BCUT2D eigenvalue weighted by Crippen LogP contribution is 2.27. The van der Waals surface area contributed by atoms with E-state index >= 15 is 0 Å². The van der Waals surface area contributed by atoms with Gasteiger partial charge in [0.15, 0.2) is 0 Å². The molecule has 0 amide bonds. The van der Waals surface area contributed by atoms with Gasteiger partial charge in [-0.3, -0.25) is 4.90 Å². The fourth-order valence-corrected chi connectivity index (χ4v) is 3.40. The van der Waals surface area contributed by atoms with Crippen LogP contribution in [-0.4, -0.2) is 42.8 Å². The molecule has 1 aliphatic heterocycles. The van der Waals surface area contributed by atoms with Gasteiger partial charge in [0.2, 0.25) is 0 Å². The third-order valence-corrected chi connectivity index (χ3v) is 4.73. The molecule has 2 aliphatic rings. The highest BCUT2D eigenvalue weighted by molar-refractivity contribution is 4.87. The van der Waals surface area contributed by atoms with Gasteiger partial charge in [0.1, 0.15) is 0 Å². The standard InChI is InChI=1S/C15H30N2O/c1-12(2)17-9-10-18-14(11-17)15(16)13-7-5-3-4-6-8-13/h12-15H,3-11,16H2,1-2H3. The summed E-state index contributed by atoms with van der Waals surface area (Å²) in [5.41, 5.74) is 6.50. The molecule has 2 fully saturated rings. The first-order valence-electron chi connectivity index (χ1n) is 7.79. The van der Waals surface area contributed by atoms with E-state index in [-0.39, 0.29) is 12.1 Å². The average molecular weight is 254 g/mol. The Balaban J connectivity index is 1.88. The van der Waals surface area contributed by atoms with Crippen molar-refractivity contribution in [3.63, 3.8) is 0 Å². The zero-order valence-electron chi connectivity index (χ0n) is 12.1. The second-order valence-electron chi connectivity index (χ2n) is 6.33. The maximum Gasteiger partial charge on any atom is 0.0855 e. The molecule has 0 radical (unpaired) electrons. The van der Waals surface area contributed by atoms with E-state index < -0.39 is 0 Å². The number of ether oxygens (including phenoxy) is 1. The van der Waals surface area contributed by atoms with E-state index in [0.29, 0.717) is 12.0 Å². The predicted octanol–water partition coefficient (Wildman–Crippen LogP) is 2.39. The van der Waals surface area contributed by atoms with E-state index in [0.717, 1.165) is 19.7 Å². The van der Waals surface area contributed by atoms with Gasteiger partial charge >= 0.3 is 0 Å². The zero-order valence-corrected chi connectivity index (χ0v) is 12.1. The van der Waals surface area contributed by atoms with Crippen LogP contribution in [0.15, 0.2) is 0 Å². The van der Waals surface area contributed by atoms with Crippen molar-refractivity contribution in [2.75, 3.05) is 19.7 Å². The van der Waals surface area contributed by atoms with E-state index in [9.17, 15) is 0 Å². The Hall–Kier alpha value is -0.120. The minimum Gasteiger partial charge on any atom is -0.374 e. The zero-order chi connectivity index (χ0) is 13.0. The van der Waals surface area contributed by atoms with E-state index in [1.807, 2.05) is 0 Å². The van der Waals surface area contributed by atoms with E-state index in [1.54, 1.807) is 0 Å². The summed E-state index contributed by atoms with van der Waals surface area (Å²) in [6.45, 7) is 7.46. The second kappa shape index (κ2) is 6.88. The van der Waals surface area contributed by atoms with Crippen LogP contribution in [0.3, 0.4) is 0 Å². The van der Waals surface area contributed by atoms with Crippen molar-refractivity contribution in [2.45, 2.75) is 70.6 Å². The summed E-state index contributed by atoms with van der Waals surface area (Å²) >= 11 is 0. The van der Waals surface area contributed by atoms with Gasteiger partial charge in [-0.05, 0) is 32.6 Å². The predicted molar refractivity (Wildman–Crippen MR) is 75.6 cm³/mol. The van der Waals surface area contributed by atoms with Gasteiger partial charge in [0, 0.05) is 25.2 Å². The van der Waals surface area contributed by atoms with Gasteiger partial charge in [0.25, 0.3) is 0 Å². The number of nitrogens with zero attached hydrogens (tertiary/aromatic N) is 1. The van der Waals surface area contributed by atoms with Gasteiger partial charge in [-0.25, -0.2) is 0 Å². The first kappa shape index (κ1) is 14.3. The van der Waals surface area contributed by atoms with Gasteiger partial charge in [-0.1, -0.05) is 25.7 Å². The van der Waals surface area contributed by atoms with Crippen molar-refractivity contribution >= 4 is 0 Å². The summed E-state index contributed by atoms with van der Waals surface area (Å²) in [6.07, 6.45) is 8.38. The van der Waals surface area contributed by atoms with Gasteiger partial charge in [0.05, 0.1) is 12.7 Å². The lowest BCUT2D eigenvalue weighted by Gasteiger charge is -2.40. The molecule has 0 bridgehead atoms. The summed E-state index contributed by atoms with van der Waals surface area (Å²) in [7, 11) is 0. The number of morpholine rings is 1. The molecular formula is C15H30N2O. The molecule has 2 rings (SSSR count). The normalized spacial score (nSPS) is 30.3. The van der Waals surface area contributed by atoms with Gasteiger partial charge in [-0.2, -0.15) is 0 Å². The quantitative estimate of drug-likeness (QED) is 0.786. The SMILES string of the molecule is CC(C)N1CCOC(C(N)C2CCCCCC2)C1. The van der Waals surface area contributed by atoms with Gasteiger partial charge in [-0.15, -0.1) is 0 Å². The van der Waals surface area contributed by atoms with Crippen LogP contribution in [-0.2, 0) is 4.74 Å². The molecule has 1 saturated heterocycles. The maximum absolute atomic E-state index is 6.50. The molecule has 0 spiro atoms. The summed E-state index contributed by atoms with van der Waals surface area (Å²) in [5, 5.41) is 0. The molecule has 0 aromatic heterocycles. The van der Waals surface area contributed by atoms with Crippen LogP contribution in [0.2, 0.25) is 0 Å². The lowest BCUT2D eigenvalue weighted by Crippen LogP contribution is -2.54. The van der Waals surface area contributed by atoms with Crippen LogP contribution in [0, 0.1) is 5.92 Å². The molecule has 3 heteroatoms. The summed E-state index contributed by atoms with van der Waals surface area (Å²) in [4.78, 5) is 2.50. The van der Waals surface area contributed by atoms with Gasteiger partial charge < -0.3 is 10.5 Å². The lowest BCUT2D eigenvalue weighted by molar-refractivity contribution is -0.0589. The monoisotopic (exact) mass is 254 g/mol. The molecule has 1 heterocycles. The first-order chi connectivity index (χ1) is 8.68. The fraction of sp³-hybridized carbons (Fsp3) is 1.00. The average Bonchev–Trinajstić information content (AvgIpc) is 2.67. The molecule has 1 saturated carbocycles. The largest absolute Gasteiger partial charge is 0.374 e. The molecule has 106 valence electrons. The third-order valence-electron chi connectivity index (χ3n) is 4.73. The van der Waals surface area contributed by atoms with Crippen LogP contribution in [0.1, 0.15) is 52.4 Å². The molecular weight excluding hydrogens is 224 g/mol. The molecule has 0 aromatic rings. The number of nitrogens with two attached hydrogens (primary N) is 1. The van der Waals surface area contributed by atoms with Crippen molar-refractivity contribution in [1.82, 2.24) is 4.90 Å². The van der Waals surface area contributed by atoms with Crippen molar-refractivity contribution in [2.24, 2.45) is 11.7 Å². The summed E-state index contributed by atoms with van der Waals surface area (Å²) in [5.74, 6) is 0.685. The Morgan fingerprint density at radius 3 is 2.39 bits per heavy atom. The Bertz CT molecular complexity index is 237. The molecule has 3 nitrogen and oxygen atoms in total.